The fraction of sp³-hybridized carbons (Fsp3) is 0.571. The quantitative estimate of drug-likeness (QED) is 0.138. The Morgan fingerprint density at radius 3 is 2.43 bits per heavy atom. The molecule has 0 radical (unpaired) electrons. The Bertz CT molecular complexity index is 1850. The number of aromatic nitrogens is 5. The molecule has 3 aliphatic heterocycles. The van der Waals surface area contributed by atoms with Gasteiger partial charge in [-0.3, -0.25) is 27.6 Å². The minimum absolute atomic E-state index is 0.0804. The molecule has 0 amide bonds. The maximum atomic E-state index is 16.2. The second kappa shape index (κ2) is 13.9. The summed E-state index contributed by atoms with van der Waals surface area (Å²) >= 11 is 8.44. The van der Waals surface area contributed by atoms with Crippen molar-refractivity contribution in [2.75, 3.05) is 18.9 Å². The van der Waals surface area contributed by atoms with Crippen LogP contribution in [0.2, 0.25) is 18.1 Å². The number of nitrogen functional groups attached to an aromatic ring is 1. The molecule has 6 heterocycles. The molecule has 3 unspecified atom stereocenters. The van der Waals surface area contributed by atoms with E-state index in [1.165, 1.54) is 17.2 Å². The van der Waals surface area contributed by atoms with Gasteiger partial charge in [0.15, 0.2) is 32.2 Å². The molecule has 3 aromatic heterocycles. The average Bonchev–Trinajstić information content (AvgIpc) is 3.68. The molecule has 3 aromatic rings. The molecule has 0 saturated carbocycles. The summed E-state index contributed by atoms with van der Waals surface area (Å²) in [6.45, 7) is 0.651. The van der Waals surface area contributed by atoms with Crippen molar-refractivity contribution in [3.05, 3.63) is 42.7 Å². The van der Waals surface area contributed by atoms with E-state index in [1.807, 2.05) is 13.1 Å². The number of nitrogens with two attached hydrogens (primary N) is 1. The highest BCUT2D eigenvalue weighted by atomic mass is 32.7. The zero-order chi connectivity index (χ0) is 35.4. The third kappa shape index (κ3) is 7.96. The lowest BCUT2D eigenvalue weighted by Gasteiger charge is -2.40. The number of halogens is 1. The maximum Gasteiger partial charge on any atom is 0.386 e. The van der Waals surface area contributed by atoms with Crippen LogP contribution >= 0.6 is 38.1 Å². The van der Waals surface area contributed by atoms with Crippen molar-refractivity contribution in [1.29, 1.82) is 0 Å². The van der Waals surface area contributed by atoms with E-state index in [9.17, 15) is 9.13 Å². The summed E-state index contributed by atoms with van der Waals surface area (Å²) in [6.07, 6.45) is -4.59. The summed E-state index contributed by atoms with van der Waals surface area (Å²) < 4.78 is 87.4. The van der Waals surface area contributed by atoms with E-state index in [0.717, 1.165) is 0 Å². The van der Waals surface area contributed by atoms with E-state index in [-0.39, 0.29) is 28.6 Å². The minimum atomic E-state index is -4.33. The molecule has 10 atom stereocenters. The largest absolute Gasteiger partial charge is 0.408 e. The van der Waals surface area contributed by atoms with Crippen molar-refractivity contribution in [3.8, 4) is 11.8 Å². The lowest BCUT2D eigenvalue weighted by atomic mass is 10.1. The van der Waals surface area contributed by atoms with Crippen LogP contribution in [-0.2, 0) is 41.1 Å². The first-order valence-corrected chi connectivity index (χ1v) is 23.5. The lowest BCUT2D eigenvalue weighted by molar-refractivity contribution is -0.0433. The zero-order valence-electron chi connectivity index (χ0n) is 27.2. The molecule has 266 valence electrons. The first-order chi connectivity index (χ1) is 22.9. The molecule has 6 rings (SSSR count). The topological polar surface area (TPSA) is 181 Å². The SMILES string of the molecule is CC(C)(C)[Si](C)(C)OC1[C@H]2OP(=O)(S)OC[C@H]3O[C@@H](n4cnc5c(N)ncnc54)[C@H](F)[C@@H]3OP(=O)(S)OC[C@H]1O[C@H]2C#Cc1cccnc1. The molecule has 0 aromatic carbocycles. The molecule has 3 saturated heterocycles. The summed E-state index contributed by atoms with van der Waals surface area (Å²) in [5.74, 6) is 6.09. The molecule has 2 N–H and O–H groups in total. The van der Waals surface area contributed by atoms with Gasteiger partial charge in [-0.2, -0.15) is 0 Å². The number of hydrogen-bond donors (Lipinski definition) is 3. The Morgan fingerprint density at radius 1 is 1.06 bits per heavy atom. The van der Waals surface area contributed by atoms with Crippen molar-refractivity contribution in [3.63, 3.8) is 0 Å². The number of anilines is 1. The van der Waals surface area contributed by atoms with Crippen molar-refractivity contribution in [2.24, 2.45) is 0 Å². The van der Waals surface area contributed by atoms with E-state index in [4.69, 9.17) is 37.7 Å². The highest BCUT2D eigenvalue weighted by Gasteiger charge is 2.55. The van der Waals surface area contributed by atoms with Crippen LogP contribution in [0.3, 0.4) is 0 Å². The molecule has 21 heteroatoms. The Balaban J connectivity index is 1.33. The van der Waals surface area contributed by atoms with Crippen LogP contribution in [0.1, 0.15) is 32.6 Å². The van der Waals surface area contributed by atoms with Crippen LogP contribution in [0, 0.1) is 11.8 Å². The number of pyridine rings is 1. The predicted molar refractivity (Wildman–Crippen MR) is 185 cm³/mol. The second-order valence-electron chi connectivity index (χ2n) is 13.2. The van der Waals surface area contributed by atoms with E-state index in [2.05, 4.69) is 77.0 Å². The van der Waals surface area contributed by atoms with Gasteiger partial charge >= 0.3 is 13.6 Å². The predicted octanol–water partition coefficient (Wildman–Crippen LogP) is 5.14. The van der Waals surface area contributed by atoms with Crippen LogP contribution in [0.4, 0.5) is 10.2 Å². The number of thiol groups is 2. The smallest absolute Gasteiger partial charge is 0.386 e. The second-order valence-corrected chi connectivity index (χ2v) is 23.7. The standard InChI is InChI=1S/C28H37FN6O9P2S2Si/c1-28(2,3)49(4,5)44-24-19-13-39-45(36,47)42-22-18(41-27(20(22)29)35-15-34-21-25(30)32-14-33-26(21)35)12-38-46(37,48)43-23(24)17(40-19)9-8-16-7-6-10-31-11-16/h6-7,10-11,14-15,17-20,22-24,27H,12-13H2,1-5H3,(H,36,47)(H,37,48)(H2,30,32,33)/t17-,18+,19+,20+,22+,23-,24?,27+,45?,46?/m0/s1. The molecule has 15 nitrogen and oxygen atoms in total. The number of ether oxygens (including phenoxy) is 2. The number of alkyl halides is 1. The van der Waals surface area contributed by atoms with Crippen LogP contribution in [0.5, 0.6) is 0 Å². The van der Waals surface area contributed by atoms with Crippen LogP contribution in [0.25, 0.3) is 11.2 Å². The van der Waals surface area contributed by atoms with Gasteiger partial charge in [0.25, 0.3) is 0 Å². The highest BCUT2D eigenvalue weighted by molar-refractivity contribution is 8.44. The van der Waals surface area contributed by atoms with Gasteiger partial charge in [0, 0.05) is 18.0 Å². The summed E-state index contributed by atoms with van der Waals surface area (Å²) in [5, 5.41) is -0.256. The molecular weight excluding hydrogens is 738 g/mol. The fourth-order valence-electron chi connectivity index (χ4n) is 5.28. The number of imidazole rings is 1. The third-order valence-corrected chi connectivity index (χ3v) is 16.5. The highest BCUT2D eigenvalue weighted by Crippen LogP contribution is 2.60. The molecule has 49 heavy (non-hydrogen) atoms. The molecule has 3 fully saturated rings. The molecule has 2 bridgehead atoms. The molecular formula is C28H37FN6O9P2S2Si. The summed E-state index contributed by atoms with van der Waals surface area (Å²) in [6, 6.07) is 3.50. The Labute approximate surface area is 294 Å². The van der Waals surface area contributed by atoms with Crippen LogP contribution in [-0.4, -0.2) is 88.8 Å². The molecule has 3 aliphatic rings. The van der Waals surface area contributed by atoms with E-state index >= 15 is 4.39 Å². The number of hydrogen-bond acceptors (Lipinski definition) is 14. The van der Waals surface area contributed by atoms with Gasteiger partial charge in [0.2, 0.25) is 0 Å². The zero-order valence-corrected chi connectivity index (χ0v) is 31.7. The summed E-state index contributed by atoms with van der Waals surface area (Å²) in [7, 11) is -2.56. The van der Waals surface area contributed by atoms with Gasteiger partial charge in [-0.1, -0.05) is 57.1 Å². The maximum absolute atomic E-state index is 16.2. The van der Waals surface area contributed by atoms with Crippen LogP contribution < -0.4 is 5.73 Å². The Hall–Kier alpha value is -1.91. The summed E-state index contributed by atoms with van der Waals surface area (Å²) in [4.78, 5) is 16.3. The molecule has 0 spiro atoms. The molecule has 0 aliphatic carbocycles. The van der Waals surface area contributed by atoms with E-state index < -0.39 is 77.5 Å². The van der Waals surface area contributed by atoms with Crippen LogP contribution in [0.15, 0.2) is 37.2 Å². The average molecular weight is 775 g/mol. The summed E-state index contributed by atoms with van der Waals surface area (Å²) in [5.41, 5.74) is 6.90. The lowest BCUT2D eigenvalue weighted by Crippen LogP contribution is -2.50. The van der Waals surface area contributed by atoms with Crippen molar-refractivity contribution in [2.45, 2.75) is 87.9 Å². The number of rotatable bonds is 3. The van der Waals surface area contributed by atoms with Gasteiger partial charge in [0.05, 0.1) is 19.5 Å². The number of fused-ring (bicyclic) bond motifs is 4. The Morgan fingerprint density at radius 2 is 1.76 bits per heavy atom. The van der Waals surface area contributed by atoms with E-state index in [0.29, 0.717) is 5.56 Å². The Kier molecular flexibility index (Phi) is 10.5. The first kappa shape index (κ1) is 36.9. The fourth-order valence-corrected chi connectivity index (χ4v) is 9.54. The van der Waals surface area contributed by atoms with Gasteiger partial charge in [-0.05, 0) is 30.3 Å². The third-order valence-electron chi connectivity index (χ3n) is 8.81. The van der Waals surface area contributed by atoms with Gasteiger partial charge < -0.3 is 19.6 Å². The van der Waals surface area contributed by atoms with Crippen molar-refractivity contribution in [1.82, 2.24) is 24.5 Å². The van der Waals surface area contributed by atoms with Gasteiger partial charge in [-0.15, -0.1) is 0 Å². The minimum Gasteiger partial charge on any atom is -0.408 e. The van der Waals surface area contributed by atoms with E-state index in [1.54, 1.807) is 24.5 Å². The van der Waals surface area contributed by atoms with Crippen molar-refractivity contribution >= 4 is 63.4 Å². The van der Waals surface area contributed by atoms with Gasteiger partial charge in [-0.25, -0.2) is 28.5 Å². The normalized spacial score (nSPS) is 35.8. The first-order valence-electron chi connectivity index (χ1n) is 15.2. The number of nitrogens with zero attached hydrogens (tertiary/aromatic N) is 5. The van der Waals surface area contributed by atoms with Crippen molar-refractivity contribution < 1.29 is 45.5 Å². The monoisotopic (exact) mass is 774 g/mol. The van der Waals surface area contributed by atoms with Gasteiger partial charge in [0.1, 0.15) is 48.5 Å².